The third-order valence-electron chi connectivity index (χ3n) is 15.3. The van der Waals surface area contributed by atoms with Gasteiger partial charge in [-0.15, -0.1) is 0 Å². The van der Waals surface area contributed by atoms with Crippen LogP contribution in [0.1, 0.15) is 147 Å². The Balaban J connectivity index is 0.803. The summed E-state index contributed by atoms with van der Waals surface area (Å²) in [6, 6.07) is 10.9. The van der Waals surface area contributed by atoms with Crippen LogP contribution in [0.4, 0.5) is 29.5 Å². The molecule has 3 saturated heterocycles. The normalized spacial score (nSPS) is 19.8. The van der Waals surface area contributed by atoms with E-state index in [1.807, 2.05) is 17.0 Å². The van der Waals surface area contributed by atoms with Crippen molar-refractivity contribution in [3.05, 3.63) is 87.2 Å². The second-order valence-electron chi connectivity index (χ2n) is 22.0. The number of urea groups is 1. The number of amides is 5. The number of imide groups is 1. The number of nitrogens with one attached hydrogen (secondary N) is 2. The van der Waals surface area contributed by atoms with Crippen LogP contribution in [-0.2, 0) is 20.5 Å². The summed E-state index contributed by atoms with van der Waals surface area (Å²) in [7, 11) is 3.79. The first-order valence-corrected chi connectivity index (χ1v) is 26.7. The fourth-order valence-electron chi connectivity index (χ4n) is 11.1. The topological polar surface area (TPSA) is 167 Å². The highest BCUT2D eigenvalue weighted by molar-refractivity contribution is 6.34. The van der Waals surface area contributed by atoms with Crippen molar-refractivity contribution in [3.63, 3.8) is 0 Å². The van der Waals surface area contributed by atoms with Crippen molar-refractivity contribution >= 4 is 63.7 Å². The number of esters is 1. The number of rotatable bonds is 14. The van der Waals surface area contributed by atoms with Crippen molar-refractivity contribution < 1.29 is 46.6 Å². The van der Waals surface area contributed by atoms with E-state index < -0.39 is 35.4 Å². The molecule has 1 saturated carbocycles. The number of carbonyl (C=O) groups is 5. The number of fused-ring (bicyclic) bond motifs is 1. The molecule has 0 radical (unpaired) electrons. The summed E-state index contributed by atoms with van der Waals surface area (Å²) in [6.45, 7) is 13.4. The minimum absolute atomic E-state index is 0.0568. The monoisotopic (exact) mass is 1060 g/mol. The number of likely N-dealkylation sites (tertiary alicyclic amines) is 2. The van der Waals surface area contributed by atoms with Crippen LogP contribution < -0.4 is 20.3 Å². The van der Waals surface area contributed by atoms with Gasteiger partial charge in [0.15, 0.2) is 0 Å². The van der Waals surface area contributed by atoms with Gasteiger partial charge in [0.1, 0.15) is 23.0 Å². The second-order valence-corrected chi connectivity index (χ2v) is 22.4. The molecule has 1 aliphatic carbocycles. The molecule has 19 heteroatoms. The van der Waals surface area contributed by atoms with Gasteiger partial charge in [-0.2, -0.15) is 13.2 Å². The Labute approximate surface area is 442 Å². The molecule has 5 amide bonds. The molecule has 404 valence electrons. The van der Waals surface area contributed by atoms with Crippen molar-refractivity contribution in [3.8, 4) is 5.75 Å². The lowest BCUT2D eigenvalue weighted by atomic mass is 9.77. The third-order valence-corrected chi connectivity index (χ3v) is 15.6. The Bertz CT molecular complexity index is 2780. The van der Waals surface area contributed by atoms with Gasteiger partial charge in [-0.25, -0.2) is 19.6 Å². The lowest BCUT2D eigenvalue weighted by Gasteiger charge is -2.37. The van der Waals surface area contributed by atoms with Crippen LogP contribution >= 0.6 is 11.6 Å². The van der Waals surface area contributed by atoms with E-state index >= 15 is 0 Å². The first-order valence-electron chi connectivity index (χ1n) is 26.3. The van der Waals surface area contributed by atoms with E-state index in [-0.39, 0.29) is 53.6 Å². The smallest absolute Gasteiger partial charge is 0.416 e. The zero-order valence-corrected chi connectivity index (χ0v) is 44.8. The number of methoxy groups -OCH3 is 1. The molecule has 0 unspecified atom stereocenters. The average Bonchev–Trinajstić information content (AvgIpc) is 3.37. The number of alkyl halides is 3. The molecule has 4 aliphatic rings. The Morgan fingerprint density at radius 2 is 1.55 bits per heavy atom. The number of aromatic nitrogens is 2. The summed E-state index contributed by atoms with van der Waals surface area (Å²) in [5.41, 5.74) is 0.641. The Morgan fingerprint density at radius 3 is 2.20 bits per heavy atom. The van der Waals surface area contributed by atoms with E-state index in [0.717, 1.165) is 102 Å². The molecule has 1 atom stereocenters. The van der Waals surface area contributed by atoms with Gasteiger partial charge in [0.2, 0.25) is 11.8 Å². The maximum absolute atomic E-state index is 14.1. The number of anilines is 2. The van der Waals surface area contributed by atoms with Crippen LogP contribution in [0.5, 0.6) is 5.75 Å². The first kappa shape index (κ1) is 55.2. The highest BCUT2D eigenvalue weighted by Crippen LogP contribution is 2.43. The molecule has 2 N–H and O–H groups in total. The third kappa shape index (κ3) is 13.5. The van der Waals surface area contributed by atoms with E-state index in [9.17, 15) is 37.1 Å². The number of carbonyl (C=O) groups excluding carboxylic acids is 5. The molecule has 0 spiro atoms. The largest absolute Gasteiger partial charge is 0.496 e. The summed E-state index contributed by atoms with van der Waals surface area (Å²) in [5.74, 6) is 1.59. The van der Waals surface area contributed by atoms with Crippen molar-refractivity contribution in [2.75, 3.05) is 70.2 Å². The summed E-state index contributed by atoms with van der Waals surface area (Å²) in [5, 5.41) is 6.65. The first-order chi connectivity index (χ1) is 35.5. The van der Waals surface area contributed by atoms with E-state index in [1.54, 1.807) is 59.9 Å². The Hall–Kier alpha value is -6.01. The molecule has 1 aromatic heterocycles. The van der Waals surface area contributed by atoms with Gasteiger partial charge >= 0.3 is 18.2 Å². The molecule has 4 fully saturated rings. The van der Waals surface area contributed by atoms with Gasteiger partial charge in [-0.05, 0) is 177 Å². The van der Waals surface area contributed by atoms with Gasteiger partial charge in [0, 0.05) is 68.6 Å². The van der Waals surface area contributed by atoms with Crippen LogP contribution in [0.2, 0.25) is 5.02 Å². The van der Waals surface area contributed by atoms with Crippen molar-refractivity contribution in [1.82, 2.24) is 30.0 Å². The second kappa shape index (κ2) is 23.1. The molecule has 15 nitrogen and oxygen atoms in total. The highest BCUT2D eigenvalue weighted by atomic mass is 35.5. The van der Waals surface area contributed by atoms with Gasteiger partial charge in [-0.1, -0.05) is 11.6 Å². The molecule has 0 bridgehead atoms. The van der Waals surface area contributed by atoms with Gasteiger partial charge in [0.25, 0.3) is 5.91 Å². The van der Waals surface area contributed by atoms with Crippen LogP contribution in [0.3, 0.4) is 0 Å². The molecule has 4 heterocycles. The van der Waals surface area contributed by atoms with Gasteiger partial charge < -0.3 is 29.5 Å². The molecule has 8 rings (SSSR count). The summed E-state index contributed by atoms with van der Waals surface area (Å²) in [4.78, 5) is 81.7. The number of ether oxygens (including phenoxy) is 2. The van der Waals surface area contributed by atoms with Crippen LogP contribution in [-0.4, -0.2) is 120 Å². The minimum atomic E-state index is -4.69. The fourth-order valence-corrected chi connectivity index (χ4v) is 11.4. The fraction of sp³-hybridized carbons (Fsp3) is 0.554. The molecule has 3 aliphatic heterocycles. The lowest BCUT2D eigenvalue weighted by Crippen LogP contribution is -2.49. The van der Waals surface area contributed by atoms with E-state index in [0.29, 0.717) is 69.5 Å². The highest BCUT2D eigenvalue weighted by Gasteiger charge is 2.36. The minimum Gasteiger partial charge on any atom is -0.496 e. The standard InChI is InChI=1S/C56H70ClF3N8O7/c1-33(40-26-41(53(72)75-55(3,4)5)28-42(27-40)56(58,59)60)61-50-44-30-43(48(74-7)31-46(44)62-34(2)63-50)37-8-10-38(11-9-37)51(70)66-21-15-35(16-22-66)14-20-65(6)32-36-17-23-67(24-18-36)52(71)39-12-13-45(57)47(29-39)68-25-19-49(69)64-54(68)73/h12-13,26-31,33,35-38H,8-11,14-25,32H2,1-7H3,(H,61,62,63)(H,64,69,73)/t33-,37?,38?/m1/s1. The van der Waals surface area contributed by atoms with Gasteiger partial charge in [0.05, 0.1) is 40.5 Å². The van der Waals surface area contributed by atoms with Crippen LogP contribution in [0.25, 0.3) is 10.9 Å². The predicted octanol–water partition coefficient (Wildman–Crippen LogP) is 10.6. The number of hydrogen-bond acceptors (Lipinski definition) is 11. The SMILES string of the molecule is COc1cc2nc(C)nc(N[C@H](C)c3cc(C(=O)OC(C)(C)C)cc(C(F)(F)F)c3)c2cc1C1CCC(C(=O)N2CCC(CCN(C)CC3CCN(C(=O)c4ccc(Cl)c(N5CCC(=O)NC5=O)c4)CC3)CC2)CC1. The zero-order valence-electron chi connectivity index (χ0n) is 44.1. The molecule has 75 heavy (non-hydrogen) atoms. The number of aryl methyl sites for hydroxylation is 1. The molecular formula is C56H70ClF3N8O7. The Morgan fingerprint density at radius 1 is 0.867 bits per heavy atom. The van der Waals surface area contributed by atoms with E-state index in [2.05, 4.69) is 32.5 Å². The summed E-state index contributed by atoms with van der Waals surface area (Å²) >= 11 is 6.42. The Kier molecular flexibility index (Phi) is 17.0. The maximum Gasteiger partial charge on any atom is 0.416 e. The molecule has 3 aromatic carbocycles. The molecule has 4 aromatic rings. The summed E-state index contributed by atoms with van der Waals surface area (Å²) in [6.07, 6.45) is 3.35. The average molecular weight is 1060 g/mol. The van der Waals surface area contributed by atoms with E-state index in [1.165, 1.54) is 11.0 Å². The van der Waals surface area contributed by atoms with Crippen LogP contribution in [0.15, 0.2) is 48.5 Å². The van der Waals surface area contributed by atoms with E-state index in [4.69, 9.17) is 26.1 Å². The molecular weight excluding hydrogens is 989 g/mol. The van der Waals surface area contributed by atoms with Gasteiger partial charge in [-0.3, -0.25) is 24.6 Å². The quantitative estimate of drug-likeness (QED) is 0.115. The number of halogens is 4. The number of piperidine rings is 2. The van der Waals surface area contributed by atoms with Crippen molar-refractivity contribution in [1.29, 1.82) is 0 Å². The number of nitrogens with zero attached hydrogens (tertiary/aromatic N) is 6. The zero-order chi connectivity index (χ0) is 53.9. The number of hydrogen-bond donors (Lipinski definition) is 2. The van der Waals surface area contributed by atoms with Crippen molar-refractivity contribution in [2.45, 2.75) is 123 Å². The summed E-state index contributed by atoms with van der Waals surface area (Å²) < 4.78 is 53.7. The number of benzene rings is 3. The maximum atomic E-state index is 14.1. The predicted molar refractivity (Wildman–Crippen MR) is 281 cm³/mol. The lowest BCUT2D eigenvalue weighted by molar-refractivity contribution is -0.138. The van der Waals surface area contributed by atoms with Crippen LogP contribution in [0, 0.1) is 24.7 Å². The van der Waals surface area contributed by atoms with Crippen molar-refractivity contribution in [2.24, 2.45) is 17.8 Å².